The molecule has 0 saturated heterocycles. The quantitative estimate of drug-likeness (QED) is 0.897. The summed E-state index contributed by atoms with van der Waals surface area (Å²) < 4.78 is 15.2. The van der Waals surface area contributed by atoms with E-state index in [0.717, 1.165) is 0 Å². The Hall–Kier alpha value is -1.98. The molecule has 1 aromatic heterocycles. The second-order valence-corrected chi connectivity index (χ2v) is 4.56. The third kappa shape index (κ3) is 4.12. The van der Waals surface area contributed by atoms with Gasteiger partial charge >= 0.3 is 6.09 Å². The Balaban J connectivity index is 2.76. The summed E-state index contributed by atoms with van der Waals surface area (Å²) in [5, 5.41) is 2.57. The second-order valence-electron chi connectivity index (χ2n) is 4.56. The van der Waals surface area contributed by atoms with Crippen molar-refractivity contribution >= 4 is 11.8 Å². The van der Waals surface area contributed by atoms with Crippen molar-refractivity contribution in [3.8, 4) is 11.6 Å². The highest BCUT2D eigenvalue weighted by atomic mass is 16.6. The van der Waals surface area contributed by atoms with E-state index in [9.17, 15) is 4.79 Å². The number of methoxy groups -OCH3 is 2. The Bertz CT molecular complexity index is 427. The Morgan fingerprint density at radius 2 is 1.94 bits per heavy atom. The molecule has 0 saturated carbocycles. The fourth-order valence-corrected chi connectivity index (χ4v) is 1.22. The van der Waals surface area contributed by atoms with Crippen LogP contribution in [0.15, 0.2) is 12.3 Å². The van der Waals surface area contributed by atoms with Crippen molar-refractivity contribution < 1.29 is 19.0 Å². The summed E-state index contributed by atoms with van der Waals surface area (Å²) in [6.45, 7) is 5.37. The third-order valence-corrected chi connectivity index (χ3v) is 1.88. The minimum Gasteiger partial charge on any atom is -0.491 e. The molecule has 1 amide bonds. The van der Waals surface area contributed by atoms with Crippen molar-refractivity contribution in [3.63, 3.8) is 0 Å². The Morgan fingerprint density at radius 1 is 1.28 bits per heavy atom. The molecule has 1 aromatic rings. The molecule has 1 N–H and O–H groups in total. The molecule has 0 atom stereocenters. The van der Waals surface area contributed by atoms with Crippen LogP contribution in [0.2, 0.25) is 0 Å². The van der Waals surface area contributed by atoms with Crippen LogP contribution in [0.4, 0.5) is 10.5 Å². The van der Waals surface area contributed by atoms with Crippen LogP contribution in [-0.4, -0.2) is 30.9 Å². The van der Waals surface area contributed by atoms with E-state index in [1.165, 1.54) is 20.4 Å². The summed E-state index contributed by atoms with van der Waals surface area (Å²) in [5.41, 5.74) is -0.0736. The molecule has 0 bridgehead atoms. The number of rotatable bonds is 3. The molecule has 6 nitrogen and oxygen atoms in total. The molecule has 0 fully saturated rings. The zero-order valence-electron chi connectivity index (χ0n) is 11.2. The summed E-state index contributed by atoms with van der Waals surface area (Å²) in [7, 11) is 2.99. The van der Waals surface area contributed by atoms with Gasteiger partial charge in [-0.05, 0) is 20.8 Å². The van der Waals surface area contributed by atoms with E-state index >= 15 is 0 Å². The van der Waals surface area contributed by atoms with Crippen LogP contribution in [0.3, 0.4) is 0 Å². The van der Waals surface area contributed by atoms with E-state index in [1.807, 2.05) is 0 Å². The number of carbonyl (C=O) groups excluding carboxylic acids is 1. The molecule has 0 aliphatic rings. The average molecular weight is 254 g/mol. The lowest BCUT2D eigenvalue weighted by Gasteiger charge is -2.19. The van der Waals surface area contributed by atoms with Gasteiger partial charge in [-0.15, -0.1) is 0 Å². The van der Waals surface area contributed by atoms with Crippen LogP contribution >= 0.6 is 0 Å². The van der Waals surface area contributed by atoms with Crippen molar-refractivity contribution in [1.29, 1.82) is 0 Å². The zero-order chi connectivity index (χ0) is 13.8. The van der Waals surface area contributed by atoms with E-state index < -0.39 is 11.7 Å². The maximum absolute atomic E-state index is 11.5. The van der Waals surface area contributed by atoms with Crippen LogP contribution in [0.1, 0.15) is 20.8 Å². The second kappa shape index (κ2) is 5.57. The van der Waals surface area contributed by atoms with Gasteiger partial charge in [0, 0.05) is 6.07 Å². The van der Waals surface area contributed by atoms with Crippen molar-refractivity contribution in [2.45, 2.75) is 26.4 Å². The number of nitrogens with one attached hydrogen (secondary N) is 1. The Morgan fingerprint density at radius 3 is 2.44 bits per heavy atom. The molecule has 0 aromatic carbocycles. The average Bonchev–Trinajstić information content (AvgIpc) is 2.26. The number of hydrogen-bond acceptors (Lipinski definition) is 5. The highest BCUT2D eigenvalue weighted by Crippen LogP contribution is 2.26. The first kappa shape index (κ1) is 14.1. The van der Waals surface area contributed by atoms with E-state index in [1.54, 1.807) is 26.8 Å². The van der Waals surface area contributed by atoms with E-state index in [0.29, 0.717) is 17.3 Å². The molecule has 0 spiro atoms. The SMILES string of the molecule is COc1cc(NC(=O)OC(C)(C)C)cnc1OC. The number of amides is 1. The number of ether oxygens (including phenoxy) is 3. The smallest absolute Gasteiger partial charge is 0.412 e. The topological polar surface area (TPSA) is 69.7 Å². The predicted molar refractivity (Wildman–Crippen MR) is 67.2 cm³/mol. The van der Waals surface area contributed by atoms with Gasteiger partial charge in [-0.3, -0.25) is 5.32 Å². The van der Waals surface area contributed by atoms with Gasteiger partial charge in [-0.2, -0.15) is 0 Å². The molecule has 1 heterocycles. The number of nitrogens with zero attached hydrogens (tertiary/aromatic N) is 1. The van der Waals surface area contributed by atoms with Gasteiger partial charge in [0.1, 0.15) is 5.60 Å². The third-order valence-electron chi connectivity index (χ3n) is 1.88. The fourth-order valence-electron chi connectivity index (χ4n) is 1.22. The largest absolute Gasteiger partial charge is 0.491 e. The summed E-state index contributed by atoms with van der Waals surface area (Å²) in [6, 6.07) is 1.61. The maximum atomic E-state index is 11.5. The highest BCUT2D eigenvalue weighted by Gasteiger charge is 2.17. The number of anilines is 1. The maximum Gasteiger partial charge on any atom is 0.412 e. The number of carbonyl (C=O) groups is 1. The molecule has 0 radical (unpaired) electrons. The standard InChI is InChI=1S/C12H18N2O4/c1-12(2,3)18-11(15)14-8-6-9(16-4)10(17-5)13-7-8/h6-7H,1-5H3,(H,14,15). The lowest BCUT2D eigenvalue weighted by molar-refractivity contribution is 0.0636. The zero-order valence-corrected chi connectivity index (χ0v) is 11.2. The van der Waals surface area contributed by atoms with Crippen LogP contribution in [0.5, 0.6) is 11.6 Å². The van der Waals surface area contributed by atoms with Crippen molar-refractivity contribution in [2.24, 2.45) is 0 Å². The predicted octanol–water partition coefficient (Wildman–Crippen LogP) is 2.45. The van der Waals surface area contributed by atoms with Gasteiger partial charge in [0.2, 0.25) is 0 Å². The van der Waals surface area contributed by atoms with Crippen molar-refractivity contribution in [3.05, 3.63) is 12.3 Å². The van der Waals surface area contributed by atoms with Gasteiger partial charge in [0.05, 0.1) is 26.1 Å². The molecular weight excluding hydrogens is 236 g/mol. The molecule has 18 heavy (non-hydrogen) atoms. The molecule has 0 unspecified atom stereocenters. The van der Waals surface area contributed by atoms with Crippen molar-refractivity contribution in [1.82, 2.24) is 4.98 Å². The first-order valence-electron chi connectivity index (χ1n) is 5.43. The highest BCUT2D eigenvalue weighted by molar-refractivity contribution is 5.85. The van der Waals surface area contributed by atoms with Crippen LogP contribution in [0, 0.1) is 0 Å². The van der Waals surface area contributed by atoms with Gasteiger partial charge < -0.3 is 14.2 Å². The molecule has 0 aliphatic heterocycles. The summed E-state index contributed by atoms with van der Waals surface area (Å²) in [4.78, 5) is 15.5. The Kier molecular flexibility index (Phi) is 4.36. The normalized spacial score (nSPS) is 10.7. The lowest BCUT2D eigenvalue weighted by atomic mass is 10.2. The Labute approximate surface area is 106 Å². The monoisotopic (exact) mass is 254 g/mol. The van der Waals surface area contributed by atoms with Gasteiger partial charge in [-0.25, -0.2) is 9.78 Å². The van der Waals surface area contributed by atoms with E-state index in [4.69, 9.17) is 14.2 Å². The van der Waals surface area contributed by atoms with Crippen LogP contribution in [-0.2, 0) is 4.74 Å². The molecule has 6 heteroatoms. The first-order valence-corrected chi connectivity index (χ1v) is 5.43. The first-order chi connectivity index (χ1) is 8.35. The summed E-state index contributed by atoms with van der Waals surface area (Å²) in [5.74, 6) is 0.790. The summed E-state index contributed by atoms with van der Waals surface area (Å²) >= 11 is 0. The molecule has 1 rings (SSSR count). The lowest BCUT2D eigenvalue weighted by Crippen LogP contribution is -2.27. The number of aromatic nitrogens is 1. The van der Waals surface area contributed by atoms with Crippen LogP contribution in [0.25, 0.3) is 0 Å². The van der Waals surface area contributed by atoms with E-state index in [2.05, 4.69) is 10.3 Å². The number of hydrogen-bond donors (Lipinski definition) is 1. The summed E-state index contributed by atoms with van der Waals surface area (Å²) in [6.07, 6.45) is 0.919. The van der Waals surface area contributed by atoms with Crippen LogP contribution < -0.4 is 14.8 Å². The van der Waals surface area contributed by atoms with E-state index in [-0.39, 0.29) is 0 Å². The van der Waals surface area contributed by atoms with Gasteiger partial charge in [0.25, 0.3) is 5.88 Å². The minimum atomic E-state index is -0.548. The van der Waals surface area contributed by atoms with Crippen molar-refractivity contribution in [2.75, 3.05) is 19.5 Å². The molecule has 100 valence electrons. The molecular formula is C12H18N2O4. The fraction of sp³-hybridized carbons (Fsp3) is 0.500. The number of pyridine rings is 1. The van der Waals surface area contributed by atoms with Gasteiger partial charge in [-0.1, -0.05) is 0 Å². The minimum absolute atomic E-state index is 0.354. The molecule has 0 aliphatic carbocycles. The van der Waals surface area contributed by atoms with Gasteiger partial charge in [0.15, 0.2) is 5.75 Å².